The van der Waals surface area contributed by atoms with Gasteiger partial charge in [-0.05, 0) is 40.5 Å². The lowest BCUT2D eigenvalue weighted by atomic mass is 10.2. The number of carboxylic acids is 1. The second-order valence-corrected chi connectivity index (χ2v) is 6.75. The first kappa shape index (κ1) is 18.7. The Kier molecular flexibility index (Phi) is 7.05. The molecule has 0 aromatic heterocycles. The number of aliphatic carboxylic acids is 1. The number of rotatable bonds is 7. The summed E-state index contributed by atoms with van der Waals surface area (Å²) in [5.74, 6) is 0.0379. The van der Waals surface area contributed by atoms with E-state index in [1.165, 1.54) is 0 Å². The molecule has 1 aromatic carbocycles. The predicted molar refractivity (Wildman–Crippen MR) is 94.3 cm³/mol. The van der Waals surface area contributed by atoms with Crippen LogP contribution in [0.1, 0.15) is 18.4 Å². The third-order valence-corrected chi connectivity index (χ3v) is 4.65. The van der Waals surface area contributed by atoms with Crippen LogP contribution >= 0.6 is 15.9 Å². The summed E-state index contributed by atoms with van der Waals surface area (Å²) in [6.45, 7) is 5.64. The molecule has 6 nitrogen and oxygen atoms in total. The molecule has 0 bridgehead atoms. The highest BCUT2D eigenvalue weighted by Crippen LogP contribution is 2.25. The van der Waals surface area contributed by atoms with Crippen molar-refractivity contribution in [3.05, 3.63) is 28.2 Å². The van der Waals surface area contributed by atoms with Crippen LogP contribution in [0.3, 0.4) is 0 Å². The van der Waals surface area contributed by atoms with Gasteiger partial charge in [0.1, 0.15) is 5.75 Å². The Morgan fingerprint density at radius 2 is 1.92 bits per heavy atom. The second-order valence-electron chi connectivity index (χ2n) is 5.90. The van der Waals surface area contributed by atoms with Crippen molar-refractivity contribution in [3.8, 4) is 5.75 Å². The van der Waals surface area contributed by atoms with Crippen LogP contribution in [0.2, 0.25) is 0 Å². The molecule has 7 heteroatoms. The van der Waals surface area contributed by atoms with E-state index in [0.29, 0.717) is 32.7 Å². The zero-order chi connectivity index (χ0) is 17.5. The molecule has 24 heavy (non-hydrogen) atoms. The SMILES string of the molecule is Cc1ccc(OCCC(=O)N2CCN(CCC(=O)O)CC2)c(Br)c1. The van der Waals surface area contributed by atoms with Gasteiger partial charge in [-0.2, -0.15) is 0 Å². The molecule has 1 aliphatic heterocycles. The van der Waals surface area contributed by atoms with E-state index in [-0.39, 0.29) is 12.3 Å². The van der Waals surface area contributed by atoms with Gasteiger partial charge < -0.3 is 14.7 Å². The van der Waals surface area contributed by atoms with Gasteiger partial charge in [0.25, 0.3) is 0 Å². The summed E-state index contributed by atoms with van der Waals surface area (Å²) in [6, 6.07) is 5.84. The Bertz CT molecular complexity index is 586. The molecule has 1 heterocycles. The van der Waals surface area contributed by atoms with Gasteiger partial charge in [-0.1, -0.05) is 6.07 Å². The highest BCUT2D eigenvalue weighted by Gasteiger charge is 2.21. The van der Waals surface area contributed by atoms with Gasteiger partial charge in [-0.15, -0.1) is 0 Å². The van der Waals surface area contributed by atoms with Crippen molar-refractivity contribution < 1.29 is 19.4 Å². The fourth-order valence-electron chi connectivity index (χ4n) is 2.60. The summed E-state index contributed by atoms with van der Waals surface area (Å²) in [5.41, 5.74) is 1.14. The number of carbonyl (C=O) groups excluding carboxylic acids is 1. The van der Waals surface area contributed by atoms with E-state index in [1.807, 2.05) is 30.0 Å². The minimum absolute atomic E-state index is 0.0797. The molecule has 1 amide bonds. The first-order chi connectivity index (χ1) is 11.5. The average molecular weight is 399 g/mol. The van der Waals surface area contributed by atoms with E-state index in [1.54, 1.807) is 0 Å². The van der Waals surface area contributed by atoms with E-state index in [2.05, 4.69) is 20.8 Å². The van der Waals surface area contributed by atoms with Crippen LogP contribution in [0, 0.1) is 6.92 Å². The van der Waals surface area contributed by atoms with Crippen LogP contribution in [0.5, 0.6) is 5.75 Å². The lowest BCUT2D eigenvalue weighted by Crippen LogP contribution is -2.49. The largest absolute Gasteiger partial charge is 0.492 e. The molecule has 0 saturated carbocycles. The standard InChI is InChI=1S/C17H23BrN2O4/c1-13-2-3-15(14(18)12-13)24-11-5-16(21)20-9-7-19(8-10-20)6-4-17(22)23/h2-3,12H,4-11H2,1H3,(H,22,23). The van der Waals surface area contributed by atoms with Gasteiger partial charge in [-0.25, -0.2) is 0 Å². The summed E-state index contributed by atoms with van der Waals surface area (Å²) in [4.78, 5) is 26.7. The third-order valence-electron chi connectivity index (χ3n) is 4.03. The molecular weight excluding hydrogens is 376 g/mol. The predicted octanol–water partition coefficient (Wildman–Crippen LogP) is 2.15. The van der Waals surface area contributed by atoms with Crippen LogP contribution in [-0.4, -0.2) is 66.1 Å². The van der Waals surface area contributed by atoms with Crippen LogP contribution in [0.15, 0.2) is 22.7 Å². The van der Waals surface area contributed by atoms with Crippen LogP contribution < -0.4 is 4.74 Å². The van der Waals surface area contributed by atoms with Crippen molar-refractivity contribution in [1.29, 1.82) is 0 Å². The van der Waals surface area contributed by atoms with Gasteiger partial charge >= 0.3 is 5.97 Å². The van der Waals surface area contributed by atoms with Gasteiger partial charge in [0, 0.05) is 32.7 Å². The molecule has 0 aliphatic carbocycles. The summed E-state index contributed by atoms with van der Waals surface area (Å²) < 4.78 is 6.56. The third kappa shape index (κ3) is 5.79. The zero-order valence-electron chi connectivity index (χ0n) is 13.8. The van der Waals surface area contributed by atoms with E-state index < -0.39 is 5.97 Å². The van der Waals surface area contributed by atoms with Crippen molar-refractivity contribution >= 4 is 27.8 Å². The van der Waals surface area contributed by atoms with Crippen LogP contribution in [-0.2, 0) is 9.59 Å². The number of hydrogen-bond donors (Lipinski definition) is 1. The maximum Gasteiger partial charge on any atom is 0.304 e. The number of piperazine rings is 1. The van der Waals surface area contributed by atoms with Crippen LogP contribution in [0.4, 0.5) is 0 Å². The van der Waals surface area contributed by atoms with Crippen molar-refractivity contribution in [1.82, 2.24) is 9.80 Å². The molecule has 1 aliphatic rings. The minimum Gasteiger partial charge on any atom is -0.492 e. The quantitative estimate of drug-likeness (QED) is 0.761. The van der Waals surface area contributed by atoms with Crippen LogP contribution in [0.25, 0.3) is 0 Å². The van der Waals surface area contributed by atoms with Crippen molar-refractivity contribution in [3.63, 3.8) is 0 Å². The average Bonchev–Trinajstić information content (AvgIpc) is 2.55. The van der Waals surface area contributed by atoms with E-state index in [9.17, 15) is 9.59 Å². The van der Waals surface area contributed by atoms with E-state index >= 15 is 0 Å². The number of carboxylic acid groups (broad SMARTS) is 1. The fraction of sp³-hybridized carbons (Fsp3) is 0.529. The minimum atomic E-state index is -0.784. The number of halogens is 1. The maximum absolute atomic E-state index is 12.2. The Morgan fingerprint density at radius 1 is 1.21 bits per heavy atom. The number of hydrogen-bond acceptors (Lipinski definition) is 4. The van der Waals surface area contributed by atoms with Gasteiger partial charge in [0.05, 0.1) is 23.9 Å². The number of carbonyl (C=O) groups is 2. The summed E-state index contributed by atoms with van der Waals surface area (Å²) >= 11 is 3.45. The number of ether oxygens (including phenoxy) is 1. The molecule has 1 fully saturated rings. The molecule has 2 rings (SSSR count). The second kappa shape index (κ2) is 9.03. The smallest absolute Gasteiger partial charge is 0.304 e. The van der Waals surface area contributed by atoms with Crippen molar-refractivity contribution in [2.45, 2.75) is 19.8 Å². The highest BCUT2D eigenvalue weighted by atomic mass is 79.9. The Balaban J connectivity index is 1.69. The maximum atomic E-state index is 12.2. The van der Waals surface area contributed by atoms with E-state index in [0.717, 1.165) is 28.9 Å². The summed E-state index contributed by atoms with van der Waals surface area (Å²) in [7, 11) is 0. The lowest BCUT2D eigenvalue weighted by molar-refractivity contribution is -0.138. The molecule has 0 atom stereocenters. The Hall–Kier alpha value is -1.60. The summed E-state index contributed by atoms with van der Waals surface area (Å²) in [6.07, 6.45) is 0.489. The number of amides is 1. The molecule has 0 spiro atoms. The van der Waals surface area contributed by atoms with E-state index in [4.69, 9.17) is 9.84 Å². The number of benzene rings is 1. The molecule has 132 valence electrons. The molecule has 1 saturated heterocycles. The Morgan fingerprint density at radius 3 is 2.54 bits per heavy atom. The molecular formula is C17H23BrN2O4. The zero-order valence-corrected chi connectivity index (χ0v) is 15.4. The Labute approximate surface area is 150 Å². The first-order valence-corrected chi connectivity index (χ1v) is 8.86. The summed E-state index contributed by atoms with van der Waals surface area (Å²) in [5, 5.41) is 8.70. The fourth-order valence-corrected chi connectivity index (χ4v) is 3.21. The molecule has 1 N–H and O–H groups in total. The molecule has 0 radical (unpaired) electrons. The highest BCUT2D eigenvalue weighted by molar-refractivity contribution is 9.10. The van der Waals surface area contributed by atoms with Crippen molar-refractivity contribution in [2.24, 2.45) is 0 Å². The van der Waals surface area contributed by atoms with Gasteiger partial charge in [-0.3, -0.25) is 14.5 Å². The lowest BCUT2D eigenvalue weighted by Gasteiger charge is -2.34. The number of aryl methyl sites for hydroxylation is 1. The molecule has 0 unspecified atom stereocenters. The molecule has 1 aromatic rings. The monoisotopic (exact) mass is 398 g/mol. The first-order valence-electron chi connectivity index (χ1n) is 8.06. The van der Waals surface area contributed by atoms with Gasteiger partial charge in [0.2, 0.25) is 5.91 Å². The van der Waals surface area contributed by atoms with Crippen molar-refractivity contribution in [2.75, 3.05) is 39.3 Å². The van der Waals surface area contributed by atoms with Gasteiger partial charge in [0.15, 0.2) is 0 Å². The number of nitrogens with zero attached hydrogens (tertiary/aromatic N) is 2. The normalized spacial score (nSPS) is 15.3. The topological polar surface area (TPSA) is 70.1 Å².